The van der Waals surface area contributed by atoms with E-state index in [1.165, 1.54) is 11.1 Å². The summed E-state index contributed by atoms with van der Waals surface area (Å²) in [6.45, 7) is 5.97. The third-order valence-electron chi connectivity index (χ3n) is 5.35. The van der Waals surface area contributed by atoms with Crippen molar-refractivity contribution in [3.63, 3.8) is 0 Å². The van der Waals surface area contributed by atoms with Gasteiger partial charge in [0.15, 0.2) is 0 Å². The van der Waals surface area contributed by atoms with Crippen LogP contribution in [0.2, 0.25) is 0 Å². The van der Waals surface area contributed by atoms with E-state index >= 15 is 0 Å². The molecule has 2 aliphatic carbocycles. The molecule has 0 saturated carbocycles. The number of fused-ring (bicyclic) bond motifs is 1. The molecule has 0 saturated heterocycles. The summed E-state index contributed by atoms with van der Waals surface area (Å²) in [6.07, 6.45) is 8.98. The number of nitrogens with one attached hydrogen (secondary N) is 1. The lowest BCUT2D eigenvalue weighted by molar-refractivity contribution is 0.242. The molecule has 0 amide bonds. The number of benzene rings is 1. The molecule has 1 aromatic carbocycles. The Morgan fingerprint density at radius 3 is 2.60 bits per heavy atom. The highest BCUT2D eigenvalue weighted by Crippen LogP contribution is 2.33. The second kappa shape index (κ2) is 8.32. The fraction of sp³-hybridized carbons (Fsp3) is 0.391. The SMILES string of the molecule is CC1=Cc2c(ncnc2C2=CCC(NS(=O)(=O)c3ccc(OC(C)C)cc3)CC2)C1. The summed E-state index contributed by atoms with van der Waals surface area (Å²) >= 11 is 0. The largest absolute Gasteiger partial charge is 0.491 e. The smallest absolute Gasteiger partial charge is 0.240 e. The summed E-state index contributed by atoms with van der Waals surface area (Å²) in [7, 11) is -3.57. The number of allylic oxidation sites excluding steroid dienone is 2. The van der Waals surface area contributed by atoms with Crippen molar-refractivity contribution in [1.29, 1.82) is 0 Å². The lowest BCUT2D eigenvalue weighted by atomic mass is 9.92. The van der Waals surface area contributed by atoms with Gasteiger partial charge in [0.2, 0.25) is 10.0 Å². The van der Waals surface area contributed by atoms with Crippen molar-refractivity contribution >= 4 is 21.7 Å². The molecule has 1 atom stereocenters. The van der Waals surface area contributed by atoms with Gasteiger partial charge in [-0.05, 0) is 69.9 Å². The van der Waals surface area contributed by atoms with Gasteiger partial charge in [-0.15, -0.1) is 0 Å². The molecule has 2 aliphatic rings. The molecule has 6 nitrogen and oxygen atoms in total. The third-order valence-corrected chi connectivity index (χ3v) is 6.88. The summed E-state index contributed by atoms with van der Waals surface area (Å²) in [5, 5.41) is 0. The van der Waals surface area contributed by atoms with Crippen molar-refractivity contribution in [3.05, 3.63) is 59.2 Å². The van der Waals surface area contributed by atoms with Crippen molar-refractivity contribution in [2.75, 3.05) is 0 Å². The van der Waals surface area contributed by atoms with Crippen LogP contribution in [-0.2, 0) is 16.4 Å². The Kier molecular flexibility index (Phi) is 5.75. The first-order valence-electron chi connectivity index (χ1n) is 10.3. The maximum atomic E-state index is 12.8. The van der Waals surface area contributed by atoms with E-state index in [1.54, 1.807) is 30.6 Å². The Labute approximate surface area is 178 Å². The van der Waals surface area contributed by atoms with E-state index in [-0.39, 0.29) is 17.0 Å². The number of aromatic nitrogens is 2. The molecule has 1 unspecified atom stereocenters. The summed E-state index contributed by atoms with van der Waals surface area (Å²) in [6, 6.07) is 6.43. The lowest BCUT2D eigenvalue weighted by Crippen LogP contribution is -2.35. The minimum atomic E-state index is -3.57. The van der Waals surface area contributed by atoms with E-state index in [4.69, 9.17) is 4.74 Å². The Morgan fingerprint density at radius 1 is 1.17 bits per heavy atom. The number of hydrogen-bond donors (Lipinski definition) is 1. The molecule has 2 aromatic rings. The van der Waals surface area contributed by atoms with Gasteiger partial charge in [-0.25, -0.2) is 23.1 Å². The van der Waals surface area contributed by atoms with Crippen LogP contribution in [0, 0.1) is 0 Å². The molecule has 1 N–H and O–H groups in total. The van der Waals surface area contributed by atoms with Gasteiger partial charge in [-0.2, -0.15) is 0 Å². The van der Waals surface area contributed by atoms with Crippen LogP contribution in [0.5, 0.6) is 5.75 Å². The van der Waals surface area contributed by atoms with E-state index in [9.17, 15) is 8.42 Å². The first-order chi connectivity index (χ1) is 14.3. The molecule has 1 heterocycles. The van der Waals surface area contributed by atoms with Crippen LogP contribution in [-0.4, -0.2) is 30.5 Å². The molecule has 1 aromatic heterocycles. The quantitative estimate of drug-likeness (QED) is 0.752. The first kappa shape index (κ1) is 20.8. The van der Waals surface area contributed by atoms with Crippen LogP contribution in [0.25, 0.3) is 11.6 Å². The fourth-order valence-corrected chi connectivity index (χ4v) is 5.24. The second-order valence-electron chi connectivity index (χ2n) is 8.21. The Balaban J connectivity index is 1.44. The van der Waals surface area contributed by atoms with E-state index in [1.807, 2.05) is 13.8 Å². The number of ether oxygens (including phenoxy) is 1. The van der Waals surface area contributed by atoms with Gasteiger partial charge in [0.25, 0.3) is 0 Å². The lowest BCUT2D eigenvalue weighted by Gasteiger charge is -2.23. The highest BCUT2D eigenvalue weighted by atomic mass is 32.2. The third kappa shape index (κ3) is 4.47. The standard InChI is InChI=1S/C23H27N3O3S/c1-15(2)29-19-8-10-20(11-9-19)30(27,28)26-18-6-4-17(5-7-18)23-21-12-16(3)13-22(21)24-14-25-23/h4,8-12,14-15,18,26H,5-7,13H2,1-3H3. The molecular weight excluding hydrogens is 398 g/mol. The molecule has 0 aliphatic heterocycles. The minimum Gasteiger partial charge on any atom is -0.491 e. The van der Waals surface area contributed by atoms with Crippen LogP contribution in [0.1, 0.15) is 57.0 Å². The summed E-state index contributed by atoms with van der Waals surface area (Å²) < 4.78 is 34.0. The van der Waals surface area contributed by atoms with Gasteiger partial charge >= 0.3 is 0 Å². The van der Waals surface area contributed by atoms with Crippen LogP contribution < -0.4 is 9.46 Å². The summed E-state index contributed by atoms with van der Waals surface area (Å²) in [5.74, 6) is 0.663. The van der Waals surface area contributed by atoms with Gasteiger partial charge in [0, 0.05) is 18.0 Å². The number of hydrogen-bond acceptors (Lipinski definition) is 5. The molecule has 0 fully saturated rings. The van der Waals surface area contributed by atoms with E-state index in [2.05, 4.69) is 33.8 Å². The van der Waals surface area contributed by atoms with Crippen molar-refractivity contribution in [3.8, 4) is 5.75 Å². The van der Waals surface area contributed by atoms with E-state index in [0.717, 1.165) is 36.2 Å². The Morgan fingerprint density at radius 2 is 1.93 bits per heavy atom. The van der Waals surface area contributed by atoms with Crippen LogP contribution in [0.3, 0.4) is 0 Å². The van der Waals surface area contributed by atoms with Gasteiger partial charge < -0.3 is 4.74 Å². The highest BCUT2D eigenvalue weighted by molar-refractivity contribution is 7.89. The molecular formula is C23H27N3O3S. The summed E-state index contributed by atoms with van der Waals surface area (Å²) in [5.41, 5.74) is 5.64. The molecule has 0 bridgehead atoms. The average molecular weight is 426 g/mol. The molecule has 0 radical (unpaired) electrons. The molecule has 158 valence electrons. The fourth-order valence-electron chi connectivity index (χ4n) is 3.96. The van der Waals surface area contributed by atoms with E-state index < -0.39 is 10.0 Å². The number of nitrogens with zero attached hydrogens (tertiary/aromatic N) is 2. The minimum absolute atomic E-state index is 0.0457. The predicted octanol–water partition coefficient (Wildman–Crippen LogP) is 4.14. The maximum Gasteiger partial charge on any atom is 0.240 e. The van der Waals surface area contributed by atoms with E-state index in [0.29, 0.717) is 12.2 Å². The van der Waals surface area contributed by atoms with Crippen LogP contribution in [0.4, 0.5) is 0 Å². The zero-order valence-electron chi connectivity index (χ0n) is 17.6. The number of rotatable bonds is 6. The monoisotopic (exact) mass is 425 g/mol. The molecule has 0 spiro atoms. The van der Waals surface area contributed by atoms with Crippen molar-refractivity contribution < 1.29 is 13.2 Å². The van der Waals surface area contributed by atoms with Gasteiger partial charge in [-0.3, -0.25) is 0 Å². The van der Waals surface area contributed by atoms with Gasteiger partial charge in [0.1, 0.15) is 12.1 Å². The van der Waals surface area contributed by atoms with Crippen molar-refractivity contribution in [2.45, 2.75) is 63.5 Å². The predicted molar refractivity (Wildman–Crippen MR) is 118 cm³/mol. The van der Waals surface area contributed by atoms with Gasteiger partial charge in [0.05, 0.1) is 22.4 Å². The molecule has 4 rings (SSSR count). The van der Waals surface area contributed by atoms with Crippen LogP contribution in [0.15, 0.2) is 47.1 Å². The van der Waals surface area contributed by atoms with Crippen LogP contribution >= 0.6 is 0 Å². The van der Waals surface area contributed by atoms with Gasteiger partial charge in [-0.1, -0.05) is 17.7 Å². The first-order valence-corrected chi connectivity index (χ1v) is 11.8. The molecule has 30 heavy (non-hydrogen) atoms. The Hall–Kier alpha value is -2.51. The number of sulfonamides is 1. The highest BCUT2D eigenvalue weighted by Gasteiger charge is 2.25. The molecule has 7 heteroatoms. The Bertz CT molecular complexity index is 1100. The zero-order chi connectivity index (χ0) is 21.3. The average Bonchev–Trinajstić information content (AvgIpc) is 3.08. The normalized spacial score (nSPS) is 18.7. The maximum absolute atomic E-state index is 12.8. The second-order valence-corrected chi connectivity index (χ2v) is 9.92. The van der Waals surface area contributed by atoms with Crippen molar-refractivity contribution in [2.24, 2.45) is 0 Å². The summed E-state index contributed by atoms with van der Waals surface area (Å²) in [4.78, 5) is 9.16. The zero-order valence-corrected chi connectivity index (χ0v) is 18.4. The van der Waals surface area contributed by atoms with Crippen molar-refractivity contribution in [1.82, 2.24) is 14.7 Å². The topological polar surface area (TPSA) is 81.2 Å².